The van der Waals surface area contributed by atoms with Crippen LogP contribution < -0.4 is 15.2 Å². The Labute approximate surface area is 109 Å². The van der Waals surface area contributed by atoms with Crippen LogP contribution in [-0.4, -0.2) is 21.6 Å². The van der Waals surface area contributed by atoms with Gasteiger partial charge in [0.2, 0.25) is 5.95 Å². The highest BCUT2D eigenvalue weighted by Crippen LogP contribution is 2.20. The summed E-state index contributed by atoms with van der Waals surface area (Å²) in [6, 6.07) is 8.70. The number of nitriles is 1. The third-order valence-corrected chi connectivity index (χ3v) is 2.08. The molecule has 0 amide bonds. The van der Waals surface area contributed by atoms with Gasteiger partial charge in [-0.05, 0) is 31.2 Å². The fourth-order valence-electron chi connectivity index (χ4n) is 1.30. The van der Waals surface area contributed by atoms with Crippen LogP contribution in [0.3, 0.4) is 0 Å². The third kappa shape index (κ3) is 3.29. The number of hydrogen-bond acceptors (Lipinski definition) is 7. The van der Waals surface area contributed by atoms with Crippen LogP contribution in [0.15, 0.2) is 24.3 Å². The number of nitrogens with zero attached hydrogens (tertiary/aromatic N) is 4. The average Bonchev–Trinajstić information content (AvgIpc) is 2.39. The predicted molar refractivity (Wildman–Crippen MR) is 66.6 cm³/mol. The lowest BCUT2D eigenvalue weighted by molar-refractivity contribution is 0.304. The summed E-state index contributed by atoms with van der Waals surface area (Å²) in [7, 11) is 0. The van der Waals surface area contributed by atoms with Gasteiger partial charge in [0.25, 0.3) is 0 Å². The summed E-state index contributed by atoms with van der Waals surface area (Å²) < 4.78 is 10.6. The Hall–Kier alpha value is -2.88. The molecule has 0 radical (unpaired) electrons. The summed E-state index contributed by atoms with van der Waals surface area (Å²) in [4.78, 5) is 11.6. The van der Waals surface area contributed by atoms with Gasteiger partial charge in [-0.2, -0.15) is 15.2 Å². The maximum Gasteiger partial charge on any atom is 0.330 e. The minimum Gasteiger partial charge on any atom is -0.464 e. The molecule has 0 aliphatic carbocycles. The first kappa shape index (κ1) is 12.6. The molecule has 0 aliphatic heterocycles. The van der Waals surface area contributed by atoms with Gasteiger partial charge in [0.1, 0.15) is 5.75 Å². The minimum absolute atomic E-state index is 0.0158. The molecule has 2 aromatic rings. The van der Waals surface area contributed by atoms with E-state index in [1.54, 1.807) is 31.2 Å². The van der Waals surface area contributed by atoms with Crippen molar-refractivity contribution in [3.63, 3.8) is 0 Å². The maximum absolute atomic E-state index is 8.69. The van der Waals surface area contributed by atoms with E-state index in [-0.39, 0.29) is 18.0 Å². The molecule has 0 unspecified atom stereocenters. The average molecular weight is 257 g/mol. The fourth-order valence-corrected chi connectivity index (χ4v) is 1.30. The molecule has 0 atom stereocenters. The quantitative estimate of drug-likeness (QED) is 0.884. The summed E-state index contributed by atoms with van der Waals surface area (Å²) in [6.07, 6.45) is 0. The van der Waals surface area contributed by atoms with Crippen LogP contribution in [0.1, 0.15) is 12.5 Å². The molecule has 7 nitrogen and oxygen atoms in total. The molecular formula is C12H11N5O2. The van der Waals surface area contributed by atoms with Crippen molar-refractivity contribution in [2.75, 3.05) is 12.3 Å². The van der Waals surface area contributed by atoms with Gasteiger partial charge in [0, 0.05) is 0 Å². The van der Waals surface area contributed by atoms with E-state index in [9.17, 15) is 0 Å². The van der Waals surface area contributed by atoms with Gasteiger partial charge in [-0.3, -0.25) is 0 Å². The van der Waals surface area contributed by atoms with Crippen LogP contribution in [0.25, 0.3) is 0 Å². The first-order valence-corrected chi connectivity index (χ1v) is 5.53. The molecular weight excluding hydrogens is 246 g/mol. The maximum atomic E-state index is 8.69. The van der Waals surface area contributed by atoms with E-state index < -0.39 is 0 Å². The van der Waals surface area contributed by atoms with Crippen LogP contribution in [-0.2, 0) is 0 Å². The van der Waals surface area contributed by atoms with Gasteiger partial charge in [0.05, 0.1) is 18.2 Å². The van der Waals surface area contributed by atoms with Crippen molar-refractivity contribution in [2.24, 2.45) is 0 Å². The van der Waals surface area contributed by atoms with E-state index in [0.717, 1.165) is 0 Å². The van der Waals surface area contributed by atoms with Crippen molar-refractivity contribution in [1.29, 1.82) is 5.26 Å². The number of aromatic nitrogens is 3. The molecule has 7 heteroatoms. The summed E-state index contributed by atoms with van der Waals surface area (Å²) in [5, 5.41) is 8.69. The Balaban J connectivity index is 2.20. The Kier molecular flexibility index (Phi) is 3.73. The molecule has 2 rings (SSSR count). The monoisotopic (exact) mass is 257 g/mol. The lowest BCUT2D eigenvalue weighted by atomic mass is 10.2. The SMILES string of the molecule is CCOc1nc(N)nc(Oc2ccc(C#N)cc2)n1. The van der Waals surface area contributed by atoms with Crippen LogP contribution in [0.4, 0.5) is 5.95 Å². The molecule has 1 heterocycles. The summed E-state index contributed by atoms with van der Waals surface area (Å²) in [5.74, 6) is 0.508. The predicted octanol–water partition coefficient (Wildman–Crippen LogP) is 1.52. The molecule has 0 saturated carbocycles. The number of rotatable bonds is 4. The van der Waals surface area contributed by atoms with E-state index in [4.69, 9.17) is 20.5 Å². The van der Waals surface area contributed by atoms with Crippen LogP contribution >= 0.6 is 0 Å². The summed E-state index contributed by atoms with van der Waals surface area (Å²) >= 11 is 0. The van der Waals surface area contributed by atoms with Crippen molar-refractivity contribution < 1.29 is 9.47 Å². The van der Waals surface area contributed by atoms with Gasteiger partial charge in [-0.15, -0.1) is 4.98 Å². The highest BCUT2D eigenvalue weighted by molar-refractivity contribution is 5.35. The van der Waals surface area contributed by atoms with Crippen molar-refractivity contribution in [1.82, 2.24) is 15.0 Å². The molecule has 1 aromatic heterocycles. The smallest absolute Gasteiger partial charge is 0.330 e. The fraction of sp³-hybridized carbons (Fsp3) is 0.167. The standard InChI is InChI=1S/C12H11N5O2/c1-2-18-11-15-10(14)16-12(17-11)19-9-5-3-8(7-13)4-6-9/h3-6H,2H2,1H3,(H2,14,15,16,17). The lowest BCUT2D eigenvalue weighted by Crippen LogP contribution is -2.04. The Morgan fingerprint density at radius 2 is 1.84 bits per heavy atom. The highest BCUT2D eigenvalue weighted by Gasteiger charge is 2.07. The summed E-state index contributed by atoms with van der Waals surface area (Å²) in [6.45, 7) is 2.22. The van der Waals surface area contributed by atoms with Crippen molar-refractivity contribution in [3.05, 3.63) is 29.8 Å². The van der Waals surface area contributed by atoms with Gasteiger partial charge in [0.15, 0.2) is 0 Å². The number of ether oxygens (including phenoxy) is 2. The Morgan fingerprint density at radius 3 is 2.47 bits per heavy atom. The lowest BCUT2D eigenvalue weighted by Gasteiger charge is -2.06. The van der Waals surface area contributed by atoms with Gasteiger partial charge < -0.3 is 15.2 Å². The van der Waals surface area contributed by atoms with Crippen LogP contribution in [0, 0.1) is 11.3 Å². The Bertz CT molecular complexity index is 607. The molecule has 0 aliphatic rings. The molecule has 0 bridgehead atoms. The normalized spacial score (nSPS) is 9.68. The largest absolute Gasteiger partial charge is 0.464 e. The second kappa shape index (κ2) is 5.64. The minimum atomic E-state index is 0.0158. The topological polar surface area (TPSA) is 107 Å². The molecule has 2 N–H and O–H groups in total. The number of hydrogen-bond donors (Lipinski definition) is 1. The molecule has 0 saturated heterocycles. The van der Waals surface area contributed by atoms with E-state index in [0.29, 0.717) is 17.9 Å². The number of anilines is 1. The second-order valence-electron chi connectivity index (χ2n) is 3.43. The van der Waals surface area contributed by atoms with Crippen LogP contribution in [0.5, 0.6) is 17.8 Å². The molecule has 0 spiro atoms. The van der Waals surface area contributed by atoms with Gasteiger partial charge >= 0.3 is 12.0 Å². The second-order valence-corrected chi connectivity index (χ2v) is 3.43. The van der Waals surface area contributed by atoms with E-state index >= 15 is 0 Å². The first-order chi connectivity index (χ1) is 9.21. The molecule has 96 valence electrons. The zero-order valence-corrected chi connectivity index (χ0v) is 10.2. The highest BCUT2D eigenvalue weighted by atomic mass is 16.5. The van der Waals surface area contributed by atoms with Gasteiger partial charge in [-0.1, -0.05) is 0 Å². The van der Waals surface area contributed by atoms with Crippen molar-refractivity contribution in [3.8, 4) is 23.8 Å². The number of benzene rings is 1. The first-order valence-electron chi connectivity index (χ1n) is 5.53. The Morgan fingerprint density at radius 1 is 1.16 bits per heavy atom. The van der Waals surface area contributed by atoms with Crippen molar-refractivity contribution in [2.45, 2.75) is 6.92 Å². The van der Waals surface area contributed by atoms with E-state index in [1.807, 2.05) is 6.07 Å². The number of nitrogens with two attached hydrogens (primary N) is 1. The van der Waals surface area contributed by atoms with E-state index in [1.165, 1.54) is 0 Å². The molecule has 1 aromatic carbocycles. The molecule has 0 fully saturated rings. The molecule has 19 heavy (non-hydrogen) atoms. The third-order valence-electron chi connectivity index (χ3n) is 2.08. The number of nitrogen functional groups attached to an aromatic ring is 1. The van der Waals surface area contributed by atoms with Crippen molar-refractivity contribution >= 4 is 5.95 Å². The summed E-state index contributed by atoms with van der Waals surface area (Å²) in [5.41, 5.74) is 6.06. The zero-order valence-electron chi connectivity index (χ0n) is 10.2. The van der Waals surface area contributed by atoms with E-state index in [2.05, 4.69) is 15.0 Å². The zero-order chi connectivity index (χ0) is 13.7. The van der Waals surface area contributed by atoms with Crippen LogP contribution in [0.2, 0.25) is 0 Å². The van der Waals surface area contributed by atoms with Gasteiger partial charge in [-0.25, -0.2) is 0 Å².